The molecule has 1 aromatic heterocycles. The number of morpholine rings is 1. The van der Waals surface area contributed by atoms with E-state index < -0.39 is 0 Å². The van der Waals surface area contributed by atoms with Gasteiger partial charge >= 0.3 is 0 Å². The molecule has 3 rings (SSSR count). The third-order valence-corrected chi connectivity index (χ3v) is 4.54. The number of carbonyl (C=O) groups is 1. The maximum atomic E-state index is 12.3. The predicted molar refractivity (Wildman–Crippen MR) is 101 cm³/mol. The Hall–Kier alpha value is -2.31. The molecule has 1 amide bonds. The van der Waals surface area contributed by atoms with E-state index in [-0.39, 0.29) is 11.9 Å². The Morgan fingerprint density at radius 2 is 2.00 bits per heavy atom. The van der Waals surface area contributed by atoms with Crippen LogP contribution in [-0.2, 0) is 16.1 Å². The first-order valence-corrected chi connectivity index (χ1v) is 9.05. The Balaban J connectivity index is 1.56. The van der Waals surface area contributed by atoms with Gasteiger partial charge in [0.25, 0.3) is 0 Å². The first kappa shape index (κ1) is 18.5. The summed E-state index contributed by atoms with van der Waals surface area (Å²) >= 11 is 0. The summed E-state index contributed by atoms with van der Waals surface area (Å²) in [4.78, 5) is 16.7. The molecular weight excluding hydrogens is 330 g/mol. The standard InChI is InChI=1S/C20H27N3O3/c1-16(19-8-5-11-26-19)21-20(24)15-22(2)14-17-6-3-4-7-18(17)23-9-12-25-13-10-23/h3-8,11,16H,9-10,12-15H2,1-2H3,(H,21,24). The molecule has 6 nitrogen and oxygen atoms in total. The van der Waals surface area contributed by atoms with Gasteiger partial charge in [-0.15, -0.1) is 0 Å². The molecule has 1 unspecified atom stereocenters. The summed E-state index contributed by atoms with van der Waals surface area (Å²) in [5.74, 6) is 0.749. The Labute approximate surface area is 154 Å². The minimum Gasteiger partial charge on any atom is -0.467 e. The molecule has 2 aromatic rings. The third kappa shape index (κ3) is 4.86. The molecule has 0 bridgehead atoms. The first-order valence-electron chi connectivity index (χ1n) is 9.05. The first-order chi connectivity index (χ1) is 12.6. The summed E-state index contributed by atoms with van der Waals surface area (Å²) in [5.41, 5.74) is 2.45. The molecule has 1 aliphatic rings. The fraction of sp³-hybridized carbons (Fsp3) is 0.450. The molecule has 6 heteroatoms. The van der Waals surface area contributed by atoms with E-state index in [2.05, 4.69) is 28.4 Å². The van der Waals surface area contributed by atoms with Crippen LogP contribution in [0.15, 0.2) is 47.1 Å². The zero-order chi connectivity index (χ0) is 18.4. The number of anilines is 1. The quantitative estimate of drug-likeness (QED) is 0.825. The van der Waals surface area contributed by atoms with Crippen LogP contribution in [0, 0.1) is 0 Å². The van der Waals surface area contributed by atoms with E-state index in [0.717, 1.165) is 38.6 Å². The second-order valence-corrected chi connectivity index (χ2v) is 6.71. The van der Waals surface area contributed by atoms with Crippen molar-refractivity contribution in [2.24, 2.45) is 0 Å². The smallest absolute Gasteiger partial charge is 0.234 e. The Morgan fingerprint density at radius 3 is 2.73 bits per heavy atom. The van der Waals surface area contributed by atoms with Gasteiger partial charge in [0.1, 0.15) is 5.76 Å². The number of nitrogens with one attached hydrogen (secondary N) is 1. The van der Waals surface area contributed by atoms with Crippen LogP contribution < -0.4 is 10.2 Å². The number of para-hydroxylation sites is 1. The van der Waals surface area contributed by atoms with Gasteiger partial charge in [-0.1, -0.05) is 18.2 Å². The van der Waals surface area contributed by atoms with Crippen LogP contribution in [0.25, 0.3) is 0 Å². The fourth-order valence-corrected chi connectivity index (χ4v) is 3.25. The predicted octanol–water partition coefficient (Wildman–Crippen LogP) is 2.43. The molecule has 1 N–H and O–H groups in total. The maximum absolute atomic E-state index is 12.3. The largest absolute Gasteiger partial charge is 0.467 e. The van der Waals surface area contributed by atoms with Gasteiger partial charge < -0.3 is 19.4 Å². The summed E-state index contributed by atoms with van der Waals surface area (Å²) in [6, 6.07) is 11.9. The lowest BCUT2D eigenvalue weighted by Gasteiger charge is -2.31. The number of benzene rings is 1. The summed E-state index contributed by atoms with van der Waals surface area (Å²) < 4.78 is 10.8. The van der Waals surface area contributed by atoms with Crippen molar-refractivity contribution in [3.05, 3.63) is 54.0 Å². The molecule has 1 atom stereocenters. The Bertz CT molecular complexity index is 696. The summed E-state index contributed by atoms with van der Waals surface area (Å²) in [6.45, 7) is 6.31. The van der Waals surface area contributed by atoms with E-state index in [1.807, 2.05) is 37.1 Å². The lowest BCUT2D eigenvalue weighted by Crippen LogP contribution is -2.38. The number of carbonyl (C=O) groups excluding carboxylic acids is 1. The van der Waals surface area contributed by atoms with Gasteiger partial charge in [0, 0.05) is 25.3 Å². The van der Waals surface area contributed by atoms with Crippen molar-refractivity contribution in [3.63, 3.8) is 0 Å². The van der Waals surface area contributed by atoms with Crippen LogP contribution in [0.1, 0.15) is 24.3 Å². The Kier molecular flexibility index (Phi) is 6.30. The van der Waals surface area contributed by atoms with Gasteiger partial charge in [0.15, 0.2) is 0 Å². The van der Waals surface area contributed by atoms with E-state index >= 15 is 0 Å². The van der Waals surface area contributed by atoms with E-state index in [4.69, 9.17) is 9.15 Å². The average Bonchev–Trinajstić information content (AvgIpc) is 3.17. The Morgan fingerprint density at radius 1 is 1.23 bits per heavy atom. The minimum absolute atomic E-state index is 0.0137. The fourth-order valence-electron chi connectivity index (χ4n) is 3.25. The number of nitrogens with zero attached hydrogens (tertiary/aromatic N) is 2. The van der Waals surface area contributed by atoms with Crippen molar-refractivity contribution in [2.45, 2.75) is 19.5 Å². The van der Waals surface area contributed by atoms with Crippen molar-refractivity contribution in [3.8, 4) is 0 Å². The number of likely N-dealkylation sites (N-methyl/N-ethyl adjacent to an activating group) is 1. The van der Waals surface area contributed by atoms with E-state index in [9.17, 15) is 4.79 Å². The molecule has 0 spiro atoms. The molecule has 1 aromatic carbocycles. The zero-order valence-electron chi connectivity index (χ0n) is 15.5. The number of amides is 1. The second kappa shape index (κ2) is 8.87. The molecule has 26 heavy (non-hydrogen) atoms. The molecule has 1 saturated heterocycles. The van der Waals surface area contributed by atoms with Gasteiger partial charge in [-0.3, -0.25) is 9.69 Å². The van der Waals surface area contributed by atoms with Crippen LogP contribution in [0.5, 0.6) is 0 Å². The number of ether oxygens (including phenoxy) is 1. The highest BCUT2D eigenvalue weighted by Crippen LogP contribution is 2.22. The SMILES string of the molecule is CC(NC(=O)CN(C)Cc1ccccc1N1CCOCC1)c1ccco1. The molecular formula is C20H27N3O3. The van der Waals surface area contributed by atoms with Crippen molar-refractivity contribution < 1.29 is 13.9 Å². The highest BCUT2D eigenvalue weighted by atomic mass is 16.5. The lowest BCUT2D eigenvalue weighted by molar-refractivity contribution is -0.122. The van der Waals surface area contributed by atoms with Crippen LogP contribution >= 0.6 is 0 Å². The number of hydrogen-bond donors (Lipinski definition) is 1. The van der Waals surface area contributed by atoms with Crippen LogP contribution in [-0.4, -0.2) is 50.7 Å². The highest BCUT2D eigenvalue weighted by molar-refractivity contribution is 5.78. The van der Waals surface area contributed by atoms with E-state index in [0.29, 0.717) is 6.54 Å². The van der Waals surface area contributed by atoms with Crippen LogP contribution in [0.3, 0.4) is 0 Å². The van der Waals surface area contributed by atoms with Gasteiger partial charge in [-0.25, -0.2) is 0 Å². The monoisotopic (exact) mass is 357 g/mol. The van der Waals surface area contributed by atoms with Crippen molar-refractivity contribution in [2.75, 3.05) is 44.8 Å². The molecule has 0 radical (unpaired) electrons. The van der Waals surface area contributed by atoms with Crippen molar-refractivity contribution in [1.82, 2.24) is 10.2 Å². The van der Waals surface area contributed by atoms with Crippen LogP contribution in [0.2, 0.25) is 0 Å². The van der Waals surface area contributed by atoms with Crippen molar-refractivity contribution in [1.29, 1.82) is 0 Å². The van der Waals surface area contributed by atoms with Crippen LogP contribution in [0.4, 0.5) is 5.69 Å². The van der Waals surface area contributed by atoms with Gasteiger partial charge in [0.05, 0.1) is 32.1 Å². The maximum Gasteiger partial charge on any atom is 0.234 e. The number of rotatable bonds is 7. The number of furan rings is 1. The third-order valence-electron chi connectivity index (χ3n) is 4.54. The minimum atomic E-state index is -0.133. The molecule has 1 fully saturated rings. The molecule has 0 aliphatic carbocycles. The molecule has 1 aliphatic heterocycles. The van der Waals surface area contributed by atoms with E-state index in [1.165, 1.54) is 11.3 Å². The van der Waals surface area contributed by atoms with Gasteiger partial charge in [0.2, 0.25) is 5.91 Å². The average molecular weight is 357 g/mol. The highest BCUT2D eigenvalue weighted by Gasteiger charge is 2.17. The lowest BCUT2D eigenvalue weighted by atomic mass is 10.1. The second-order valence-electron chi connectivity index (χ2n) is 6.71. The topological polar surface area (TPSA) is 58.0 Å². The van der Waals surface area contributed by atoms with Gasteiger partial charge in [-0.2, -0.15) is 0 Å². The molecule has 2 heterocycles. The summed E-state index contributed by atoms with van der Waals surface area (Å²) in [6.07, 6.45) is 1.62. The normalized spacial score (nSPS) is 15.9. The summed E-state index contributed by atoms with van der Waals surface area (Å²) in [5, 5.41) is 2.98. The van der Waals surface area contributed by atoms with Gasteiger partial charge in [-0.05, 0) is 37.7 Å². The molecule has 140 valence electrons. The van der Waals surface area contributed by atoms with Crippen molar-refractivity contribution >= 4 is 11.6 Å². The number of hydrogen-bond acceptors (Lipinski definition) is 5. The summed E-state index contributed by atoms with van der Waals surface area (Å²) in [7, 11) is 1.97. The van der Waals surface area contributed by atoms with E-state index in [1.54, 1.807) is 6.26 Å². The molecule has 0 saturated carbocycles. The zero-order valence-corrected chi connectivity index (χ0v) is 15.5.